The van der Waals surface area contributed by atoms with Crippen LogP contribution in [-0.2, 0) is 0 Å². The van der Waals surface area contributed by atoms with Crippen molar-refractivity contribution in [2.45, 2.75) is 6.92 Å². The summed E-state index contributed by atoms with van der Waals surface area (Å²) in [6.45, 7) is 1.84. The fourth-order valence-electron chi connectivity index (χ4n) is 1.45. The maximum Gasteiger partial charge on any atom is 0.341 e. The highest BCUT2D eigenvalue weighted by atomic mass is 79.9. The zero-order chi connectivity index (χ0) is 14.0. The first-order valence-corrected chi connectivity index (χ1v) is 6.47. The topological polar surface area (TPSA) is 59.4 Å². The molecule has 0 unspecified atom stereocenters. The molecule has 0 bridgehead atoms. The normalized spacial score (nSPS) is 10.3. The quantitative estimate of drug-likeness (QED) is 0.903. The van der Waals surface area contributed by atoms with E-state index in [2.05, 4.69) is 20.9 Å². The zero-order valence-corrected chi connectivity index (χ0v) is 12.2. The summed E-state index contributed by atoms with van der Waals surface area (Å²) in [5.41, 5.74) is 0.819. The largest absolute Gasteiger partial charge is 0.477 e. The van der Waals surface area contributed by atoms with Gasteiger partial charge in [0.1, 0.15) is 11.3 Å². The number of carboxylic acids is 1. The van der Waals surface area contributed by atoms with E-state index in [1.807, 2.05) is 6.92 Å². The highest BCUT2D eigenvalue weighted by Gasteiger charge is 2.15. The number of rotatable bonds is 3. The third kappa shape index (κ3) is 3.24. The van der Waals surface area contributed by atoms with E-state index in [1.54, 1.807) is 18.2 Å². The van der Waals surface area contributed by atoms with Crippen LogP contribution >= 0.6 is 27.5 Å². The maximum absolute atomic E-state index is 11.1. The second kappa shape index (κ2) is 5.59. The number of pyridine rings is 1. The van der Waals surface area contributed by atoms with E-state index in [0.717, 1.165) is 5.56 Å². The third-order valence-electron chi connectivity index (χ3n) is 2.41. The molecule has 1 N–H and O–H groups in total. The first-order chi connectivity index (χ1) is 8.97. The molecule has 19 heavy (non-hydrogen) atoms. The zero-order valence-electron chi connectivity index (χ0n) is 9.85. The summed E-state index contributed by atoms with van der Waals surface area (Å²) >= 11 is 9.06. The number of aromatic nitrogens is 1. The number of ether oxygens (including phenoxy) is 1. The van der Waals surface area contributed by atoms with Crippen molar-refractivity contribution in [3.05, 3.63) is 51.1 Å². The number of nitrogens with zero attached hydrogens (tertiary/aromatic N) is 1. The lowest BCUT2D eigenvalue weighted by Gasteiger charge is -2.10. The average Bonchev–Trinajstić information content (AvgIpc) is 2.35. The minimum Gasteiger partial charge on any atom is -0.477 e. The van der Waals surface area contributed by atoms with Crippen molar-refractivity contribution in [1.82, 2.24) is 4.98 Å². The number of halogens is 2. The molecule has 1 aromatic heterocycles. The molecule has 1 heterocycles. The van der Waals surface area contributed by atoms with Crippen LogP contribution in [0.25, 0.3) is 0 Å². The van der Waals surface area contributed by atoms with Crippen LogP contribution < -0.4 is 4.74 Å². The summed E-state index contributed by atoms with van der Waals surface area (Å²) in [6, 6.07) is 6.57. The monoisotopic (exact) mass is 341 g/mol. The van der Waals surface area contributed by atoms with Crippen molar-refractivity contribution >= 4 is 33.5 Å². The Balaban J connectivity index is 2.43. The van der Waals surface area contributed by atoms with E-state index in [9.17, 15) is 4.79 Å². The highest BCUT2D eigenvalue weighted by Crippen LogP contribution is 2.29. The Morgan fingerprint density at radius 1 is 1.42 bits per heavy atom. The molecular formula is C13H9BrClNO3. The van der Waals surface area contributed by atoms with Crippen LogP contribution in [0.4, 0.5) is 0 Å². The van der Waals surface area contributed by atoms with E-state index in [-0.39, 0.29) is 11.4 Å². The fraction of sp³-hybridized carbons (Fsp3) is 0.0769. The molecule has 0 aliphatic carbocycles. The number of hydrogen-bond acceptors (Lipinski definition) is 3. The molecule has 0 aliphatic heterocycles. The summed E-state index contributed by atoms with van der Waals surface area (Å²) < 4.78 is 6.11. The van der Waals surface area contributed by atoms with Gasteiger partial charge in [-0.3, -0.25) is 0 Å². The van der Waals surface area contributed by atoms with Gasteiger partial charge in [0.15, 0.2) is 0 Å². The van der Waals surface area contributed by atoms with Crippen molar-refractivity contribution in [1.29, 1.82) is 0 Å². The predicted octanol–water partition coefficient (Wildman–Crippen LogP) is 4.30. The number of carboxylic acid groups (broad SMARTS) is 1. The summed E-state index contributed by atoms with van der Waals surface area (Å²) in [6.07, 6.45) is 1.47. The maximum atomic E-state index is 11.1. The number of aromatic carboxylic acids is 1. The second-order valence-corrected chi connectivity index (χ2v) is 5.18. The van der Waals surface area contributed by atoms with Gasteiger partial charge in [-0.25, -0.2) is 9.78 Å². The van der Waals surface area contributed by atoms with Gasteiger partial charge in [-0.15, -0.1) is 0 Å². The van der Waals surface area contributed by atoms with Gasteiger partial charge >= 0.3 is 5.97 Å². The molecule has 0 fully saturated rings. The lowest BCUT2D eigenvalue weighted by molar-refractivity contribution is 0.0693. The summed E-state index contributed by atoms with van der Waals surface area (Å²) in [4.78, 5) is 15.1. The number of carbonyl (C=O) groups is 1. The lowest BCUT2D eigenvalue weighted by atomic mass is 10.2. The van der Waals surface area contributed by atoms with Gasteiger partial charge in [-0.2, -0.15) is 0 Å². The van der Waals surface area contributed by atoms with Crippen LogP contribution in [0.5, 0.6) is 11.6 Å². The first kappa shape index (κ1) is 13.8. The predicted molar refractivity (Wildman–Crippen MR) is 75.2 cm³/mol. The second-order valence-electron chi connectivity index (χ2n) is 3.82. The average molecular weight is 343 g/mol. The van der Waals surface area contributed by atoms with E-state index >= 15 is 0 Å². The minimum atomic E-state index is -1.11. The molecule has 98 valence electrons. The Kier molecular flexibility index (Phi) is 4.07. The van der Waals surface area contributed by atoms with Crippen LogP contribution in [0.1, 0.15) is 15.9 Å². The molecular weight excluding hydrogens is 334 g/mol. The van der Waals surface area contributed by atoms with Crippen LogP contribution in [0, 0.1) is 6.92 Å². The molecule has 0 saturated carbocycles. The van der Waals surface area contributed by atoms with Crippen molar-refractivity contribution in [3.8, 4) is 11.6 Å². The molecule has 1 aromatic carbocycles. The molecule has 6 heteroatoms. The Morgan fingerprint density at radius 2 is 2.16 bits per heavy atom. The molecule has 4 nitrogen and oxygen atoms in total. The van der Waals surface area contributed by atoms with Crippen LogP contribution in [0.2, 0.25) is 5.02 Å². The van der Waals surface area contributed by atoms with Gasteiger partial charge in [0.2, 0.25) is 5.88 Å². The Morgan fingerprint density at radius 3 is 2.84 bits per heavy atom. The highest BCUT2D eigenvalue weighted by molar-refractivity contribution is 9.10. The van der Waals surface area contributed by atoms with Gasteiger partial charge in [-0.1, -0.05) is 17.7 Å². The van der Waals surface area contributed by atoms with Gasteiger partial charge in [0, 0.05) is 15.7 Å². The van der Waals surface area contributed by atoms with Gasteiger partial charge < -0.3 is 9.84 Å². The molecule has 0 aliphatic rings. The van der Waals surface area contributed by atoms with E-state index in [1.165, 1.54) is 12.3 Å². The molecule has 0 spiro atoms. The summed E-state index contributed by atoms with van der Waals surface area (Å²) in [5, 5.41) is 9.63. The lowest BCUT2D eigenvalue weighted by Crippen LogP contribution is -2.02. The molecule has 0 saturated heterocycles. The number of benzene rings is 1. The molecule has 0 radical (unpaired) electrons. The summed E-state index contributed by atoms with van der Waals surface area (Å²) in [7, 11) is 0. The van der Waals surface area contributed by atoms with Gasteiger partial charge in [0.25, 0.3) is 0 Å². The van der Waals surface area contributed by atoms with Crippen molar-refractivity contribution < 1.29 is 14.6 Å². The summed E-state index contributed by atoms with van der Waals surface area (Å²) in [5.74, 6) is -0.602. The Bertz CT molecular complexity index is 646. The Labute approximate surface area is 123 Å². The number of aryl methyl sites for hydroxylation is 1. The van der Waals surface area contributed by atoms with E-state index < -0.39 is 5.97 Å². The first-order valence-electron chi connectivity index (χ1n) is 5.30. The fourth-order valence-corrected chi connectivity index (χ4v) is 1.94. The molecule has 2 rings (SSSR count). The number of hydrogen-bond donors (Lipinski definition) is 1. The van der Waals surface area contributed by atoms with Gasteiger partial charge in [-0.05, 0) is 46.6 Å². The van der Waals surface area contributed by atoms with Crippen molar-refractivity contribution in [2.75, 3.05) is 0 Å². The van der Waals surface area contributed by atoms with Crippen molar-refractivity contribution in [3.63, 3.8) is 0 Å². The minimum absolute atomic E-state index is 0.0197. The smallest absolute Gasteiger partial charge is 0.341 e. The van der Waals surface area contributed by atoms with E-state index in [4.69, 9.17) is 21.4 Å². The molecule has 0 amide bonds. The molecule has 2 aromatic rings. The van der Waals surface area contributed by atoms with Crippen LogP contribution in [0.15, 0.2) is 34.9 Å². The van der Waals surface area contributed by atoms with E-state index in [0.29, 0.717) is 15.2 Å². The van der Waals surface area contributed by atoms with Crippen LogP contribution in [-0.4, -0.2) is 16.1 Å². The standard InChI is InChI=1S/C13H9BrClNO3/c1-7-2-3-9(15)5-11(7)19-12-10(13(17)18)4-8(14)6-16-12/h2-6H,1H3,(H,17,18). The molecule has 0 atom stereocenters. The van der Waals surface area contributed by atoms with Crippen LogP contribution in [0.3, 0.4) is 0 Å². The SMILES string of the molecule is Cc1ccc(Cl)cc1Oc1ncc(Br)cc1C(=O)O. The van der Waals surface area contributed by atoms with Crippen molar-refractivity contribution in [2.24, 2.45) is 0 Å². The third-order valence-corrected chi connectivity index (χ3v) is 3.07. The van der Waals surface area contributed by atoms with Gasteiger partial charge in [0.05, 0.1) is 0 Å². The Hall–Kier alpha value is -1.59.